The summed E-state index contributed by atoms with van der Waals surface area (Å²) in [5.74, 6) is 0.526. The molecule has 80 valence electrons. The lowest BCUT2D eigenvalue weighted by Crippen LogP contribution is -2.22. The van der Waals surface area contributed by atoms with Crippen LogP contribution < -0.4 is 5.32 Å². The Morgan fingerprint density at radius 2 is 2.13 bits per heavy atom. The van der Waals surface area contributed by atoms with Gasteiger partial charge in [-0.1, -0.05) is 12.1 Å². The Morgan fingerprint density at radius 1 is 1.27 bits per heavy atom. The van der Waals surface area contributed by atoms with Gasteiger partial charge in [0.1, 0.15) is 5.82 Å². The zero-order valence-corrected chi connectivity index (χ0v) is 8.80. The first-order valence-corrected chi connectivity index (χ1v) is 5.85. The second kappa shape index (κ2) is 3.60. The smallest absolute Gasteiger partial charge is 0.126 e. The lowest BCUT2D eigenvalue weighted by molar-refractivity contribution is 0.576. The molecule has 0 aliphatic heterocycles. The lowest BCUT2D eigenvalue weighted by atomic mass is 10.0. The van der Waals surface area contributed by atoms with Gasteiger partial charge in [0.25, 0.3) is 0 Å². The molecule has 2 aliphatic carbocycles. The Kier molecular flexibility index (Phi) is 2.24. The molecule has 0 saturated heterocycles. The van der Waals surface area contributed by atoms with E-state index in [0.29, 0.717) is 5.92 Å². The predicted molar refractivity (Wildman–Crippen MR) is 58.5 cm³/mol. The summed E-state index contributed by atoms with van der Waals surface area (Å²) in [5.41, 5.74) is 2.20. The molecular weight excluding hydrogens is 189 g/mol. The van der Waals surface area contributed by atoms with Crippen LogP contribution in [-0.4, -0.2) is 12.6 Å². The Morgan fingerprint density at radius 3 is 2.93 bits per heavy atom. The van der Waals surface area contributed by atoms with Crippen molar-refractivity contribution in [2.24, 2.45) is 0 Å². The van der Waals surface area contributed by atoms with Crippen LogP contribution in [0.2, 0.25) is 0 Å². The van der Waals surface area contributed by atoms with Crippen molar-refractivity contribution in [1.29, 1.82) is 0 Å². The highest BCUT2D eigenvalue weighted by atomic mass is 19.1. The average Bonchev–Trinajstić information content (AvgIpc) is 2.97. The molecule has 1 N–H and O–H groups in total. The molecule has 2 heteroatoms. The van der Waals surface area contributed by atoms with E-state index in [1.807, 2.05) is 6.07 Å². The van der Waals surface area contributed by atoms with Crippen LogP contribution in [0.25, 0.3) is 0 Å². The van der Waals surface area contributed by atoms with Crippen LogP contribution in [0, 0.1) is 5.82 Å². The van der Waals surface area contributed by atoms with E-state index in [0.717, 1.165) is 31.0 Å². The lowest BCUT2D eigenvalue weighted by Gasteiger charge is -2.12. The summed E-state index contributed by atoms with van der Waals surface area (Å²) in [4.78, 5) is 0. The van der Waals surface area contributed by atoms with Gasteiger partial charge in [0.2, 0.25) is 0 Å². The van der Waals surface area contributed by atoms with E-state index in [9.17, 15) is 4.39 Å². The summed E-state index contributed by atoms with van der Waals surface area (Å²) in [6.45, 7) is 1.03. The van der Waals surface area contributed by atoms with Gasteiger partial charge in [-0.2, -0.15) is 0 Å². The Hall–Kier alpha value is -0.890. The van der Waals surface area contributed by atoms with Crippen molar-refractivity contribution >= 4 is 0 Å². The molecule has 15 heavy (non-hydrogen) atoms. The average molecular weight is 205 g/mol. The van der Waals surface area contributed by atoms with Crippen molar-refractivity contribution in [3.05, 3.63) is 35.1 Å². The maximum absolute atomic E-state index is 13.5. The van der Waals surface area contributed by atoms with Crippen molar-refractivity contribution in [3.8, 4) is 0 Å². The summed E-state index contributed by atoms with van der Waals surface area (Å²) >= 11 is 0. The maximum atomic E-state index is 13.5. The first-order chi connectivity index (χ1) is 7.34. The Labute approximate surface area is 89.7 Å². The van der Waals surface area contributed by atoms with Crippen LogP contribution in [0.4, 0.5) is 4.39 Å². The molecule has 1 aromatic rings. The third-order valence-electron chi connectivity index (χ3n) is 3.57. The molecule has 0 spiro atoms. The Bertz CT molecular complexity index is 371. The minimum absolute atomic E-state index is 0.0126. The van der Waals surface area contributed by atoms with Crippen LogP contribution >= 0.6 is 0 Å². The van der Waals surface area contributed by atoms with Crippen LogP contribution in [0.5, 0.6) is 0 Å². The molecule has 1 aromatic carbocycles. The van der Waals surface area contributed by atoms with Crippen molar-refractivity contribution in [2.75, 3.05) is 6.54 Å². The van der Waals surface area contributed by atoms with Gasteiger partial charge in [0.05, 0.1) is 0 Å². The number of rotatable bonds is 3. The third-order valence-corrected chi connectivity index (χ3v) is 3.57. The minimum atomic E-state index is -0.0126. The molecule has 1 fully saturated rings. The highest BCUT2D eigenvalue weighted by Gasteiger charge is 2.27. The number of hydrogen-bond acceptors (Lipinski definition) is 1. The molecule has 1 atom stereocenters. The molecular formula is C13H16FN. The van der Waals surface area contributed by atoms with E-state index in [2.05, 4.69) is 11.4 Å². The third kappa shape index (κ3) is 1.78. The molecule has 1 saturated carbocycles. The monoisotopic (exact) mass is 205 g/mol. The number of halogens is 1. The van der Waals surface area contributed by atoms with Crippen LogP contribution in [-0.2, 0) is 6.42 Å². The van der Waals surface area contributed by atoms with Crippen molar-refractivity contribution in [1.82, 2.24) is 5.32 Å². The quantitative estimate of drug-likeness (QED) is 0.799. The standard InChI is InChI=1S/C13H16FN/c14-13-3-1-2-11-9(4-7-12(11)13)8-15-10-5-6-10/h1-3,9-10,15H,4-8H2. The fourth-order valence-corrected chi connectivity index (χ4v) is 2.50. The second-order valence-corrected chi connectivity index (χ2v) is 4.73. The van der Waals surface area contributed by atoms with Gasteiger partial charge in [-0.15, -0.1) is 0 Å². The van der Waals surface area contributed by atoms with Crippen LogP contribution in [0.3, 0.4) is 0 Å². The largest absolute Gasteiger partial charge is 0.313 e. The minimum Gasteiger partial charge on any atom is -0.313 e. The SMILES string of the molecule is Fc1cccc2c1CCC2CNC1CC1. The molecule has 0 amide bonds. The summed E-state index contributed by atoms with van der Waals surface area (Å²) in [7, 11) is 0. The van der Waals surface area contributed by atoms with Crippen molar-refractivity contribution < 1.29 is 4.39 Å². The summed E-state index contributed by atoms with van der Waals surface area (Å²) in [6.07, 6.45) is 4.67. The number of fused-ring (bicyclic) bond motifs is 1. The normalized spacial score (nSPS) is 24.2. The zero-order chi connectivity index (χ0) is 10.3. The van der Waals surface area contributed by atoms with E-state index >= 15 is 0 Å². The number of benzene rings is 1. The second-order valence-electron chi connectivity index (χ2n) is 4.73. The molecule has 2 aliphatic rings. The molecule has 3 rings (SSSR count). The van der Waals surface area contributed by atoms with Gasteiger partial charge < -0.3 is 5.32 Å². The predicted octanol–water partition coefficient (Wildman–Crippen LogP) is 2.61. The molecule has 0 heterocycles. The highest BCUT2D eigenvalue weighted by molar-refractivity contribution is 5.36. The van der Waals surface area contributed by atoms with Gasteiger partial charge in [-0.25, -0.2) is 4.39 Å². The van der Waals surface area contributed by atoms with Crippen LogP contribution in [0.1, 0.15) is 36.3 Å². The first-order valence-electron chi connectivity index (χ1n) is 5.85. The fraction of sp³-hybridized carbons (Fsp3) is 0.538. The van der Waals surface area contributed by atoms with E-state index in [-0.39, 0.29) is 5.82 Å². The van der Waals surface area contributed by atoms with Gasteiger partial charge >= 0.3 is 0 Å². The molecule has 0 radical (unpaired) electrons. The zero-order valence-electron chi connectivity index (χ0n) is 8.80. The Balaban J connectivity index is 1.75. The molecule has 1 unspecified atom stereocenters. The van der Waals surface area contributed by atoms with Gasteiger partial charge in [-0.3, -0.25) is 0 Å². The van der Waals surface area contributed by atoms with Gasteiger partial charge in [-0.05, 0) is 48.8 Å². The van der Waals surface area contributed by atoms with E-state index < -0.39 is 0 Å². The summed E-state index contributed by atoms with van der Waals surface area (Å²) < 4.78 is 13.5. The van der Waals surface area contributed by atoms with Crippen molar-refractivity contribution in [3.63, 3.8) is 0 Å². The topological polar surface area (TPSA) is 12.0 Å². The fourth-order valence-electron chi connectivity index (χ4n) is 2.50. The number of hydrogen-bond donors (Lipinski definition) is 1. The first kappa shape index (κ1) is 9.34. The van der Waals surface area contributed by atoms with Gasteiger partial charge in [0.15, 0.2) is 0 Å². The van der Waals surface area contributed by atoms with Crippen molar-refractivity contribution in [2.45, 2.75) is 37.6 Å². The maximum Gasteiger partial charge on any atom is 0.126 e. The number of nitrogens with one attached hydrogen (secondary N) is 1. The molecule has 0 aromatic heterocycles. The molecule has 0 bridgehead atoms. The summed E-state index contributed by atoms with van der Waals surface area (Å²) in [6, 6.07) is 6.26. The molecule has 1 nitrogen and oxygen atoms in total. The van der Waals surface area contributed by atoms with E-state index in [4.69, 9.17) is 0 Å². The summed E-state index contributed by atoms with van der Waals surface area (Å²) in [5, 5.41) is 3.54. The van der Waals surface area contributed by atoms with Gasteiger partial charge in [0, 0.05) is 12.6 Å². The highest BCUT2D eigenvalue weighted by Crippen LogP contribution is 2.34. The van der Waals surface area contributed by atoms with Crippen LogP contribution in [0.15, 0.2) is 18.2 Å². The van der Waals surface area contributed by atoms with E-state index in [1.165, 1.54) is 18.4 Å². The van der Waals surface area contributed by atoms with E-state index in [1.54, 1.807) is 6.07 Å².